The van der Waals surface area contributed by atoms with E-state index in [0.717, 1.165) is 23.2 Å². The Morgan fingerprint density at radius 3 is 2.50 bits per heavy atom. The number of nitrogens with one attached hydrogen (secondary N) is 1. The zero-order valence-corrected chi connectivity index (χ0v) is 21.2. The quantitative estimate of drug-likeness (QED) is 0.286. The van der Waals surface area contributed by atoms with Crippen LogP contribution in [0.15, 0.2) is 62.9 Å². The average Bonchev–Trinajstić information content (AvgIpc) is 3.15. The van der Waals surface area contributed by atoms with E-state index in [2.05, 4.69) is 31.2 Å². The summed E-state index contributed by atoms with van der Waals surface area (Å²) in [6.45, 7) is 10.3. The molecule has 1 aromatic heterocycles. The molecule has 2 aliphatic rings. The molecule has 1 N–H and O–H groups in total. The summed E-state index contributed by atoms with van der Waals surface area (Å²) in [4.78, 5) is 44.1. The van der Waals surface area contributed by atoms with Crippen LogP contribution < -0.4 is 10.9 Å². The van der Waals surface area contributed by atoms with Crippen molar-refractivity contribution in [1.82, 2.24) is 0 Å². The third-order valence-corrected chi connectivity index (χ3v) is 9.03. The van der Waals surface area contributed by atoms with Crippen molar-refractivity contribution in [3.8, 4) is 0 Å². The Labute approximate surface area is 209 Å². The number of anilines is 1. The van der Waals surface area contributed by atoms with Gasteiger partial charge < -0.3 is 14.6 Å². The molecule has 0 saturated heterocycles. The third kappa shape index (κ3) is 3.40. The van der Waals surface area contributed by atoms with Gasteiger partial charge in [0.2, 0.25) is 5.91 Å². The number of hydrogen-bond acceptors (Lipinski definition) is 6. The number of benzene rings is 2. The number of amides is 1. The van der Waals surface area contributed by atoms with E-state index in [1.807, 2.05) is 32.0 Å². The standard InChI is InChI=1S/C29H30N2O5/c1-17-10-11-20(14-18(17)2)30-26(34)29-13-12-28(5,27(29,3)4)23(16-29)31-36-25(33)21-15-19-8-6-7-9-22(19)35-24(21)32/h6-11,14-15H,12-13,16H2,1-5H3,(H,30,34). The van der Waals surface area contributed by atoms with Crippen LogP contribution in [0.4, 0.5) is 5.69 Å². The summed E-state index contributed by atoms with van der Waals surface area (Å²) < 4.78 is 5.25. The number of carbonyl (C=O) groups excluding carboxylic acids is 2. The second-order valence-corrected chi connectivity index (χ2v) is 10.9. The van der Waals surface area contributed by atoms with Crippen LogP contribution in [0, 0.1) is 30.1 Å². The highest BCUT2D eigenvalue weighted by Crippen LogP contribution is 2.71. The molecule has 5 rings (SSSR count). The molecule has 7 heteroatoms. The molecule has 0 spiro atoms. The lowest BCUT2D eigenvalue weighted by molar-refractivity contribution is -0.130. The second kappa shape index (κ2) is 8.15. The van der Waals surface area contributed by atoms with Crippen molar-refractivity contribution in [2.75, 3.05) is 5.32 Å². The van der Waals surface area contributed by atoms with E-state index < -0.39 is 27.8 Å². The van der Waals surface area contributed by atoms with Crippen molar-refractivity contribution in [1.29, 1.82) is 0 Å². The summed E-state index contributed by atoms with van der Waals surface area (Å²) in [5, 5.41) is 7.98. The molecule has 1 amide bonds. The number of nitrogens with zero attached hydrogens (tertiary/aromatic N) is 1. The van der Waals surface area contributed by atoms with E-state index in [9.17, 15) is 14.4 Å². The first kappa shape index (κ1) is 24.0. The maximum absolute atomic E-state index is 13.7. The van der Waals surface area contributed by atoms with E-state index in [0.29, 0.717) is 29.5 Å². The summed E-state index contributed by atoms with van der Waals surface area (Å²) in [5.74, 6) is -0.925. The van der Waals surface area contributed by atoms with Gasteiger partial charge in [-0.05, 0) is 67.5 Å². The number of oxime groups is 1. The summed E-state index contributed by atoms with van der Waals surface area (Å²) in [6, 6.07) is 14.3. The fraction of sp³-hybridized carbons (Fsp3) is 0.379. The van der Waals surface area contributed by atoms with E-state index >= 15 is 0 Å². The Morgan fingerprint density at radius 2 is 1.75 bits per heavy atom. The molecule has 2 saturated carbocycles. The maximum atomic E-state index is 13.7. The summed E-state index contributed by atoms with van der Waals surface area (Å²) in [6.07, 6.45) is 1.84. The molecule has 0 radical (unpaired) electrons. The highest BCUT2D eigenvalue weighted by molar-refractivity contribution is 6.06. The lowest BCUT2D eigenvalue weighted by atomic mass is 9.64. The van der Waals surface area contributed by atoms with Crippen LogP contribution in [0.2, 0.25) is 0 Å². The molecule has 7 nitrogen and oxygen atoms in total. The van der Waals surface area contributed by atoms with Gasteiger partial charge in [-0.15, -0.1) is 0 Å². The van der Waals surface area contributed by atoms with Gasteiger partial charge in [0.25, 0.3) is 0 Å². The lowest BCUT2D eigenvalue weighted by Crippen LogP contribution is -2.43. The number of fused-ring (bicyclic) bond motifs is 3. The van der Waals surface area contributed by atoms with Gasteiger partial charge in [-0.1, -0.05) is 50.2 Å². The number of aryl methyl sites for hydroxylation is 2. The zero-order chi connectivity index (χ0) is 25.9. The number of carbonyl (C=O) groups is 2. The van der Waals surface area contributed by atoms with Crippen molar-refractivity contribution >= 4 is 34.2 Å². The van der Waals surface area contributed by atoms with Gasteiger partial charge in [0.15, 0.2) is 0 Å². The normalized spacial score (nSPS) is 25.3. The summed E-state index contributed by atoms with van der Waals surface area (Å²) in [5.41, 5.74) is 1.57. The smallest absolute Gasteiger partial charge is 0.373 e. The number of para-hydroxylation sites is 1. The molecule has 0 aliphatic heterocycles. The fourth-order valence-electron chi connectivity index (χ4n) is 5.94. The highest BCUT2D eigenvalue weighted by Gasteiger charge is 2.71. The zero-order valence-electron chi connectivity index (χ0n) is 21.2. The highest BCUT2D eigenvalue weighted by atomic mass is 16.7. The number of rotatable bonds is 4. The molecule has 2 aliphatic carbocycles. The third-order valence-electron chi connectivity index (χ3n) is 9.03. The van der Waals surface area contributed by atoms with Crippen LogP contribution >= 0.6 is 0 Å². The molecule has 36 heavy (non-hydrogen) atoms. The summed E-state index contributed by atoms with van der Waals surface area (Å²) >= 11 is 0. The minimum atomic E-state index is -0.875. The van der Waals surface area contributed by atoms with Crippen molar-refractivity contribution in [2.24, 2.45) is 21.4 Å². The van der Waals surface area contributed by atoms with Crippen molar-refractivity contribution in [3.63, 3.8) is 0 Å². The van der Waals surface area contributed by atoms with Gasteiger partial charge >= 0.3 is 11.6 Å². The molecule has 2 atom stereocenters. The Kier molecular flexibility index (Phi) is 5.43. The fourth-order valence-corrected chi connectivity index (χ4v) is 5.94. The van der Waals surface area contributed by atoms with Crippen molar-refractivity contribution < 1.29 is 18.8 Å². The maximum Gasteiger partial charge on any atom is 0.373 e. The van der Waals surface area contributed by atoms with E-state index in [1.54, 1.807) is 24.3 Å². The van der Waals surface area contributed by atoms with Gasteiger partial charge in [-0.3, -0.25) is 4.79 Å². The minimum Gasteiger partial charge on any atom is -0.422 e. The van der Waals surface area contributed by atoms with Crippen LogP contribution in [-0.4, -0.2) is 17.6 Å². The first-order chi connectivity index (χ1) is 17.0. The number of hydrogen-bond donors (Lipinski definition) is 1. The van der Waals surface area contributed by atoms with Crippen LogP contribution in [0.5, 0.6) is 0 Å². The van der Waals surface area contributed by atoms with Gasteiger partial charge in [0.1, 0.15) is 11.1 Å². The van der Waals surface area contributed by atoms with Gasteiger partial charge in [0, 0.05) is 22.9 Å². The van der Waals surface area contributed by atoms with E-state index in [-0.39, 0.29) is 11.5 Å². The Balaban J connectivity index is 1.41. The van der Waals surface area contributed by atoms with Crippen LogP contribution in [0.3, 0.4) is 0 Å². The first-order valence-corrected chi connectivity index (χ1v) is 12.2. The first-order valence-electron chi connectivity index (χ1n) is 12.2. The van der Waals surface area contributed by atoms with Gasteiger partial charge in [-0.25, -0.2) is 9.59 Å². The average molecular weight is 487 g/mol. The van der Waals surface area contributed by atoms with Gasteiger partial charge in [-0.2, -0.15) is 0 Å². The molecule has 2 fully saturated rings. The molecular formula is C29H30N2O5. The Hall–Kier alpha value is -3.74. The van der Waals surface area contributed by atoms with Crippen LogP contribution in [-0.2, 0) is 9.63 Å². The molecule has 3 aromatic rings. The largest absolute Gasteiger partial charge is 0.422 e. The van der Waals surface area contributed by atoms with Crippen molar-refractivity contribution in [3.05, 3.63) is 75.6 Å². The van der Waals surface area contributed by atoms with Gasteiger partial charge in [0.05, 0.1) is 11.1 Å². The minimum absolute atomic E-state index is 0.0498. The second-order valence-electron chi connectivity index (χ2n) is 10.9. The van der Waals surface area contributed by atoms with Crippen LogP contribution in [0.1, 0.15) is 61.5 Å². The predicted octanol–water partition coefficient (Wildman–Crippen LogP) is 5.78. The topological polar surface area (TPSA) is 98.0 Å². The molecule has 186 valence electrons. The predicted molar refractivity (Wildman–Crippen MR) is 138 cm³/mol. The van der Waals surface area contributed by atoms with E-state index in [4.69, 9.17) is 9.25 Å². The molecule has 1 heterocycles. The van der Waals surface area contributed by atoms with Crippen molar-refractivity contribution in [2.45, 2.75) is 53.9 Å². The lowest BCUT2D eigenvalue weighted by Gasteiger charge is -2.39. The Morgan fingerprint density at radius 1 is 1.00 bits per heavy atom. The monoisotopic (exact) mass is 486 g/mol. The summed E-state index contributed by atoms with van der Waals surface area (Å²) in [7, 11) is 0. The SMILES string of the molecule is Cc1ccc(NC(=O)C23CCC(C)(C(=NOC(=O)c4cc5ccccc5oc4=O)C2)C3(C)C)cc1C. The molecule has 2 bridgehead atoms. The molecular weight excluding hydrogens is 456 g/mol. The van der Waals surface area contributed by atoms with Crippen LogP contribution in [0.25, 0.3) is 11.0 Å². The molecule has 2 aromatic carbocycles. The Bertz CT molecular complexity index is 1500. The van der Waals surface area contributed by atoms with E-state index in [1.165, 1.54) is 6.07 Å². The molecule has 2 unspecified atom stereocenters.